The molecule has 0 amide bonds. The van der Waals surface area contributed by atoms with Gasteiger partial charge in [-0.05, 0) is 85.0 Å². The van der Waals surface area contributed by atoms with E-state index in [0.717, 1.165) is 63.4 Å². The van der Waals surface area contributed by atoms with Crippen molar-refractivity contribution in [1.29, 1.82) is 5.26 Å². The fourth-order valence-corrected chi connectivity index (χ4v) is 4.19. The first-order valence-corrected chi connectivity index (χ1v) is 12.1. The van der Waals surface area contributed by atoms with Crippen LogP contribution < -0.4 is 10.1 Å². The number of aryl methyl sites for hydroxylation is 1. The van der Waals surface area contributed by atoms with Gasteiger partial charge in [0.2, 0.25) is 0 Å². The van der Waals surface area contributed by atoms with E-state index in [-0.39, 0.29) is 0 Å². The second-order valence-electron chi connectivity index (χ2n) is 8.50. The second kappa shape index (κ2) is 10.7. The molecule has 0 aliphatic carbocycles. The Morgan fingerprint density at radius 2 is 1.89 bits per heavy atom. The zero-order chi connectivity index (χ0) is 24.7. The largest absolute Gasteiger partial charge is 0.494 e. The number of rotatable bonds is 9. The number of fused-ring (bicyclic) bond motifs is 1. The molecule has 0 saturated heterocycles. The number of nitriles is 1. The summed E-state index contributed by atoms with van der Waals surface area (Å²) in [5.41, 5.74) is 6.13. The van der Waals surface area contributed by atoms with Crippen molar-refractivity contribution in [3.63, 3.8) is 0 Å². The quantitative estimate of drug-likeness (QED) is 0.232. The highest BCUT2D eigenvalue weighted by Gasteiger charge is 2.11. The summed E-state index contributed by atoms with van der Waals surface area (Å²) in [7, 11) is 0. The van der Waals surface area contributed by atoms with Crippen LogP contribution in [0.25, 0.3) is 27.7 Å². The molecule has 0 unspecified atom stereocenters. The summed E-state index contributed by atoms with van der Waals surface area (Å²) in [6, 6.07) is 28.8. The van der Waals surface area contributed by atoms with Crippen LogP contribution >= 0.6 is 0 Å². The van der Waals surface area contributed by atoms with Crippen LogP contribution in [0.5, 0.6) is 5.75 Å². The monoisotopic (exact) mass is 473 g/mol. The molecule has 0 spiro atoms. The molecule has 6 nitrogen and oxygen atoms in total. The molecule has 0 atom stereocenters. The van der Waals surface area contributed by atoms with Gasteiger partial charge >= 0.3 is 0 Å². The van der Waals surface area contributed by atoms with Crippen LogP contribution in [0.15, 0.2) is 91.3 Å². The highest BCUT2D eigenvalue weighted by molar-refractivity contribution is 5.96. The topological polar surface area (TPSA) is 75.8 Å². The van der Waals surface area contributed by atoms with Crippen LogP contribution in [0.3, 0.4) is 0 Å². The van der Waals surface area contributed by atoms with Crippen LogP contribution in [-0.2, 0) is 6.42 Å². The van der Waals surface area contributed by atoms with Crippen molar-refractivity contribution in [2.45, 2.75) is 26.2 Å². The van der Waals surface area contributed by atoms with Gasteiger partial charge in [-0.25, -0.2) is 4.68 Å². The van der Waals surface area contributed by atoms with Gasteiger partial charge in [-0.15, -0.1) is 0 Å². The predicted molar refractivity (Wildman–Crippen MR) is 144 cm³/mol. The van der Waals surface area contributed by atoms with Crippen molar-refractivity contribution >= 4 is 22.1 Å². The number of pyridine rings is 1. The molecular weight excluding hydrogens is 446 g/mol. The molecule has 0 aliphatic rings. The average Bonchev–Trinajstić information content (AvgIpc) is 3.37. The molecule has 6 heteroatoms. The van der Waals surface area contributed by atoms with Crippen molar-refractivity contribution in [2.24, 2.45) is 0 Å². The third-order valence-electron chi connectivity index (χ3n) is 6.05. The van der Waals surface area contributed by atoms with E-state index in [2.05, 4.69) is 71.8 Å². The van der Waals surface area contributed by atoms with Crippen molar-refractivity contribution in [2.75, 3.05) is 11.9 Å². The van der Waals surface area contributed by atoms with Crippen LogP contribution in [0.1, 0.15) is 25.5 Å². The van der Waals surface area contributed by atoms with Gasteiger partial charge < -0.3 is 10.1 Å². The Bertz CT molecular complexity index is 1500. The van der Waals surface area contributed by atoms with Crippen LogP contribution in [-0.4, -0.2) is 21.4 Å². The Labute approximate surface area is 210 Å². The van der Waals surface area contributed by atoms with Gasteiger partial charge in [0.15, 0.2) is 0 Å². The Hall–Kier alpha value is -4.63. The van der Waals surface area contributed by atoms with E-state index in [9.17, 15) is 0 Å². The fourth-order valence-electron chi connectivity index (χ4n) is 4.19. The average molecular weight is 474 g/mol. The number of unbranched alkanes of at least 4 members (excludes halogenated alkanes) is 1. The summed E-state index contributed by atoms with van der Waals surface area (Å²) in [6.07, 6.45) is 5.73. The van der Waals surface area contributed by atoms with E-state index in [1.54, 1.807) is 6.20 Å². The van der Waals surface area contributed by atoms with Gasteiger partial charge in [-0.2, -0.15) is 10.4 Å². The molecule has 178 valence electrons. The number of nitrogens with zero attached hydrogens (tertiary/aromatic N) is 4. The molecule has 0 saturated carbocycles. The van der Waals surface area contributed by atoms with E-state index in [1.165, 1.54) is 0 Å². The second-order valence-corrected chi connectivity index (χ2v) is 8.50. The molecule has 2 aromatic heterocycles. The van der Waals surface area contributed by atoms with Gasteiger partial charge in [0.25, 0.3) is 0 Å². The number of nitrogens with one attached hydrogen (secondary N) is 1. The van der Waals surface area contributed by atoms with Gasteiger partial charge in [0.05, 0.1) is 24.1 Å². The van der Waals surface area contributed by atoms with E-state index in [0.29, 0.717) is 13.0 Å². The summed E-state index contributed by atoms with van der Waals surface area (Å²) < 4.78 is 7.80. The molecule has 36 heavy (non-hydrogen) atoms. The summed E-state index contributed by atoms with van der Waals surface area (Å²) in [4.78, 5) is 4.22. The lowest BCUT2D eigenvalue weighted by Crippen LogP contribution is -2.01. The lowest BCUT2D eigenvalue weighted by molar-refractivity contribution is 0.313. The third kappa shape index (κ3) is 5.06. The Kier molecular flexibility index (Phi) is 6.90. The molecule has 0 fully saturated rings. The molecule has 0 aliphatic heterocycles. The van der Waals surface area contributed by atoms with E-state index < -0.39 is 0 Å². The van der Waals surface area contributed by atoms with Crippen molar-refractivity contribution < 1.29 is 4.74 Å². The maximum atomic E-state index is 8.68. The number of hydrogen-bond acceptors (Lipinski definition) is 5. The number of hydrogen-bond donors (Lipinski definition) is 1. The van der Waals surface area contributed by atoms with Gasteiger partial charge in [-0.3, -0.25) is 4.98 Å². The summed E-state index contributed by atoms with van der Waals surface area (Å²) in [5.74, 6) is 0.818. The minimum atomic E-state index is 0.506. The van der Waals surface area contributed by atoms with Gasteiger partial charge in [-0.1, -0.05) is 19.1 Å². The first-order chi connectivity index (χ1) is 17.7. The van der Waals surface area contributed by atoms with Crippen LogP contribution in [0.4, 0.5) is 11.4 Å². The van der Waals surface area contributed by atoms with Gasteiger partial charge in [0.1, 0.15) is 5.75 Å². The minimum absolute atomic E-state index is 0.506. The highest BCUT2D eigenvalue weighted by Crippen LogP contribution is 2.30. The number of anilines is 2. The fraction of sp³-hybridized carbons (Fsp3) is 0.167. The molecule has 3 aromatic carbocycles. The first kappa shape index (κ1) is 23.1. The van der Waals surface area contributed by atoms with Crippen LogP contribution in [0, 0.1) is 11.3 Å². The SMILES string of the molecule is CCc1cc(-c2cccnc2)nn1-c1ccc(Nc2cccc3cc(OCCCC#N)ccc23)cc1. The third-order valence-corrected chi connectivity index (χ3v) is 6.05. The first-order valence-electron chi connectivity index (χ1n) is 12.1. The lowest BCUT2D eigenvalue weighted by atomic mass is 10.1. The lowest BCUT2D eigenvalue weighted by Gasteiger charge is -2.13. The molecular formula is C30H27N5O. The Balaban J connectivity index is 1.35. The smallest absolute Gasteiger partial charge is 0.119 e. The van der Waals surface area contributed by atoms with E-state index in [1.807, 2.05) is 41.2 Å². The molecule has 0 radical (unpaired) electrons. The van der Waals surface area contributed by atoms with Crippen LogP contribution in [0.2, 0.25) is 0 Å². The Morgan fingerprint density at radius 1 is 1.00 bits per heavy atom. The maximum Gasteiger partial charge on any atom is 0.119 e. The maximum absolute atomic E-state index is 8.68. The Morgan fingerprint density at radius 3 is 2.67 bits per heavy atom. The highest BCUT2D eigenvalue weighted by atomic mass is 16.5. The molecule has 2 heterocycles. The molecule has 5 rings (SSSR count). The molecule has 5 aromatic rings. The molecule has 1 N–H and O–H groups in total. The molecule has 0 bridgehead atoms. The van der Waals surface area contributed by atoms with Crippen molar-refractivity contribution in [3.05, 3.63) is 97.0 Å². The van der Waals surface area contributed by atoms with E-state index >= 15 is 0 Å². The number of benzene rings is 3. The van der Waals surface area contributed by atoms with Crippen molar-refractivity contribution in [1.82, 2.24) is 14.8 Å². The predicted octanol–water partition coefficient (Wildman–Crippen LogP) is 7.08. The number of aromatic nitrogens is 3. The van der Waals surface area contributed by atoms with Crippen molar-refractivity contribution in [3.8, 4) is 28.8 Å². The zero-order valence-corrected chi connectivity index (χ0v) is 20.2. The van der Waals surface area contributed by atoms with E-state index in [4.69, 9.17) is 15.1 Å². The summed E-state index contributed by atoms with van der Waals surface area (Å²) in [5, 5.41) is 19.3. The summed E-state index contributed by atoms with van der Waals surface area (Å²) >= 11 is 0. The standard InChI is InChI=1S/C30H27N5O/c1-2-25-20-30(23-8-6-17-32-21-23)34-35(25)26-12-10-24(11-13-26)33-29-9-5-7-22-19-27(14-15-28(22)29)36-18-4-3-16-31/h5-15,17,19-21,33H,2-4,18H2,1H3. The minimum Gasteiger partial charge on any atom is -0.494 e. The van der Waals surface area contributed by atoms with Gasteiger partial charge in [0, 0.05) is 46.8 Å². The zero-order valence-electron chi connectivity index (χ0n) is 20.2. The number of ether oxygens (including phenoxy) is 1. The summed E-state index contributed by atoms with van der Waals surface area (Å²) in [6.45, 7) is 2.68. The normalized spacial score (nSPS) is 10.8.